The Bertz CT molecular complexity index is 570. The molecule has 0 aliphatic rings. The minimum absolute atomic E-state index is 0.0194. The molecule has 0 heterocycles. The number of hydrogen-bond acceptors (Lipinski definition) is 1. The zero-order chi connectivity index (χ0) is 14.6. The largest absolute Gasteiger partial charge is 0.351 e. The quantitative estimate of drug-likeness (QED) is 0.899. The van der Waals surface area contributed by atoms with Crippen LogP contribution < -0.4 is 5.32 Å². The van der Waals surface area contributed by atoms with E-state index in [1.54, 1.807) is 0 Å². The second-order valence-corrected chi connectivity index (χ2v) is 5.80. The topological polar surface area (TPSA) is 29.1 Å². The van der Waals surface area contributed by atoms with Gasteiger partial charge in [0, 0.05) is 17.5 Å². The lowest BCUT2D eigenvalue weighted by Crippen LogP contribution is -2.36. The predicted molar refractivity (Wildman–Crippen MR) is 83.0 cm³/mol. The Morgan fingerprint density at radius 1 is 1.00 bits per heavy atom. The number of carbonyl (C=O) groups excluding carboxylic acids is 1. The molecule has 0 spiro atoms. The maximum atomic E-state index is 12.1. The van der Waals surface area contributed by atoms with E-state index >= 15 is 0 Å². The van der Waals surface area contributed by atoms with Crippen LogP contribution in [0.5, 0.6) is 0 Å². The highest BCUT2D eigenvalue weighted by molar-refractivity contribution is 5.94. The third kappa shape index (κ3) is 3.47. The Labute approximate surface area is 120 Å². The van der Waals surface area contributed by atoms with Crippen molar-refractivity contribution in [1.82, 2.24) is 5.32 Å². The Kier molecular flexibility index (Phi) is 4.23. The van der Waals surface area contributed by atoms with Crippen LogP contribution in [-0.4, -0.2) is 12.5 Å². The highest BCUT2D eigenvalue weighted by Crippen LogP contribution is 2.21. The first kappa shape index (κ1) is 14.3. The molecule has 0 saturated carbocycles. The number of rotatable bonds is 4. The molecule has 0 aliphatic heterocycles. The van der Waals surface area contributed by atoms with Gasteiger partial charge in [-0.1, -0.05) is 61.9 Å². The van der Waals surface area contributed by atoms with Gasteiger partial charge in [0.2, 0.25) is 0 Å². The van der Waals surface area contributed by atoms with Crippen molar-refractivity contribution in [2.45, 2.75) is 26.2 Å². The van der Waals surface area contributed by atoms with Gasteiger partial charge < -0.3 is 5.32 Å². The fourth-order valence-electron chi connectivity index (χ4n) is 2.10. The van der Waals surface area contributed by atoms with Gasteiger partial charge >= 0.3 is 0 Å². The van der Waals surface area contributed by atoms with Crippen molar-refractivity contribution in [2.75, 3.05) is 6.54 Å². The lowest BCUT2D eigenvalue weighted by Gasteiger charge is -2.25. The molecule has 2 nitrogen and oxygen atoms in total. The summed E-state index contributed by atoms with van der Waals surface area (Å²) < 4.78 is 0. The Morgan fingerprint density at radius 2 is 1.60 bits per heavy atom. The number of nitrogens with one attached hydrogen (secondary N) is 1. The molecule has 0 radical (unpaired) electrons. The second kappa shape index (κ2) is 5.91. The molecular formula is C18H21NO. The van der Waals surface area contributed by atoms with Gasteiger partial charge in [-0.15, -0.1) is 0 Å². The van der Waals surface area contributed by atoms with Crippen molar-refractivity contribution in [2.24, 2.45) is 0 Å². The number of benzene rings is 2. The molecular weight excluding hydrogens is 246 g/mol. The van der Waals surface area contributed by atoms with E-state index in [4.69, 9.17) is 0 Å². The van der Waals surface area contributed by atoms with Crippen LogP contribution in [0.25, 0.3) is 0 Å². The van der Waals surface area contributed by atoms with Gasteiger partial charge in [0.25, 0.3) is 5.91 Å². The van der Waals surface area contributed by atoms with Crippen molar-refractivity contribution < 1.29 is 4.79 Å². The van der Waals surface area contributed by atoms with Crippen LogP contribution in [0.3, 0.4) is 0 Å². The molecule has 2 aromatic carbocycles. The van der Waals surface area contributed by atoms with Crippen molar-refractivity contribution in [1.29, 1.82) is 0 Å². The summed E-state index contributed by atoms with van der Waals surface area (Å²) in [4.78, 5) is 12.1. The fraction of sp³-hybridized carbons (Fsp3) is 0.278. The molecule has 1 amide bonds. The van der Waals surface area contributed by atoms with Crippen LogP contribution >= 0.6 is 0 Å². The molecule has 0 saturated heterocycles. The average molecular weight is 267 g/mol. The average Bonchev–Trinajstić information content (AvgIpc) is 2.46. The van der Waals surface area contributed by atoms with Gasteiger partial charge in [-0.3, -0.25) is 4.79 Å². The molecule has 0 aromatic heterocycles. The molecule has 2 aromatic rings. The maximum absolute atomic E-state index is 12.1. The van der Waals surface area contributed by atoms with Crippen molar-refractivity contribution in [3.63, 3.8) is 0 Å². The SMILES string of the molecule is Cc1ccc(C(=O)NCC(C)(C)c2ccccc2)cc1. The van der Waals surface area contributed by atoms with E-state index in [0.29, 0.717) is 12.1 Å². The van der Waals surface area contributed by atoms with Crippen molar-refractivity contribution in [3.8, 4) is 0 Å². The summed E-state index contributed by atoms with van der Waals surface area (Å²) in [6, 6.07) is 17.9. The molecule has 0 bridgehead atoms. The van der Waals surface area contributed by atoms with Crippen LogP contribution in [0.15, 0.2) is 54.6 Å². The van der Waals surface area contributed by atoms with E-state index in [-0.39, 0.29) is 11.3 Å². The van der Waals surface area contributed by atoms with E-state index in [0.717, 1.165) is 5.56 Å². The van der Waals surface area contributed by atoms with Gasteiger partial charge in [-0.2, -0.15) is 0 Å². The Hall–Kier alpha value is -2.09. The van der Waals surface area contributed by atoms with Gasteiger partial charge in [0.05, 0.1) is 0 Å². The van der Waals surface area contributed by atoms with Gasteiger partial charge in [0.15, 0.2) is 0 Å². The van der Waals surface area contributed by atoms with E-state index in [2.05, 4.69) is 31.3 Å². The van der Waals surface area contributed by atoms with E-state index in [1.165, 1.54) is 5.56 Å². The molecule has 1 N–H and O–H groups in total. The van der Waals surface area contributed by atoms with Crippen molar-refractivity contribution in [3.05, 3.63) is 71.3 Å². The third-order valence-electron chi connectivity index (χ3n) is 3.56. The molecule has 2 heteroatoms. The van der Waals surface area contributed by atoms with Crippen LogP contribution in [0.2, 0.25) is 0 Å². The minimum Gasteiger partial charge on any atom is -0.351 e. The first-order valence-corrected chi connectivity index (χ1v) is 6.89. The second-order valence-electron chi connectivity index (χ2n) is 5.80. The highest BCUT2D eigenvalue weighted by Gasteiger charge is 2.21. The lowest BCUT2D eigenvalue weighted by molar-refractivity contribution is 0.0945. The maximum Gasteiger partial charge on any atom is 0.251 e. The summed E-state index contributed by atoms with van der Waals surface area (Å²) in [6.07, 6.45) is 0. The number of aryl methyl sites for hydroxylation is 1. The van der Waals surface area contributed by atoms with Gasteiger partial charge in [0.1, 0.15) is 0 Å². The molecule has 0 fully saturated rings. The summed E-state index contributed by atoms with van der Waals surface area (Å²) in [7, 11) is 0. The summed E-state index contributed by atoms with van der Waals surface area (Å²) >= 11 is 0. The zero-order valence-corrected chi connectivity index (χ0v) is 12.3. The number of amides is 1. The van der Waals surface area contributed by atoms with Crippen LogP contribution in [0.4, 0.5) is 0 Å². The summed E-state index contributed by atoms with van der Waals surface area (Å²) in [5, 5.41) is 3.02. The smallest absolute Gasteiger partial charge is 0.251 e. The van der Waals surface area contributed by atoms with Gasteiger partial charge in [-0.05, 0) is 24.6 Å². The Morgan fingerprint density at radius 3 is 2.20 bits per heavy atom. The highest BCUT2D eigenvalue weighted by atomic mass is 16.1. The number of carbonyl (C=O) groups is 1. The molecule has 104 valence electrons. The van der Waals surface area contributed by atoms with E-state index < -0.39 is 0 Å². The predicted octanol–water partition coefficient (Wildman–Crippen LogP) is 3.70. The summed E-state index contributed by atoms with van der Waals surface area (Å²) in [5.74, 6) is -0.0194. The molecule has 0 atom stereocenters. The van der Waals surface area contributed by atoms with E-state index in [9.17, 15) is 4.79 Å². The fourth-order valence-corrected chi connectivity index (χ4v) is 2.10. The van der Waals surface area contributed by atoms with Crippen LogP contribution in [-0.2, 0) is 5.41 Å². The van der Waals surface area contributed by atoms with Gasteiger partial charge in [-0.25, -0.2) is 0 Å². The first-order valence-electron chi connectivity index (χ1n) is 6.89. The molecule has 20 heavy (non-hydrogen) atoms. The summed E-state index contributed by atoms with van der Waals surface area (Å²) in [5.41, 5.74) is 3.01. The normalized spacial score (nSPS) is 11.2. The van der Waals surface area contributed by atoms with Crippen LogP contribution in [0.1, 0.15) is 35.3 Å². The molecule has 2 rings (SSSR count). The zero-order valence-electron chi connectivity index (χ0n) is 12.3. The lowest BCUT2D eigenvalue weighted by atomic mass is 9.84. The number of hydrogen-bond donors (Lipinski definition) is 1. The van der Waals surface area contributed by atoms with Crippen LogP contribution in [0, 0.1) is 6.92 Å². The standard InChI is InChI=1S/C18H21NO/c1-14-9-11-15(12-10-14)17(20)19-13-18(2,3)16-7-5-4-6-8-16/h4-12H,13H2,1-3H3,(H,19,20). The monoisotopic (exact) mass is 267 g/mol. The first-order chi connectivity index (χ1) is 9.49. The van der Waals surface area contributed by atoms with E-state index in [1.807, 2.05) is 49.4 Å². The molecule has 0 aliphatic carbocycles. The summed E-state index contributed by atoms with van der Waals surface area (Å²) in [6.45, 7) is 6.90. The third-order valence-corrected chi connectivity index (χ3v) is 3.56. The Balaban J connectivity index is 2.01. The minimum atomic E-state index is -0.0817. The molecule has 0 unspecified atom stereocenters. The van der Waals surface area contributed by atoms with Crippen molar-refractivity contribution >= 4 is 5.91 Å².